The average Bonchev–Trinajstić information content (AvgIpc) is 3.01. The van der Waals surface area contributed by atoms with E-state index in [1.54, 1.807) is 4.68 Å². The van der Waals surface area contributed by atoms with Crippen molar-refractivity contribution in [2.24, 2.45) is 13.0 Å². The van der Waals surface area contributed by atoms with Crippen molar-refractivity contribution in [2.45, 2.75) is 25.4 Å². The van der Waals surface area contributed by atoms with Crippen LogP contribution >= 0.6 is 0 Å². The zero-order valence-electron chi connectivity index (χ0n) is 10.1. The molecule has 2 aliphatic rings. The Labute approximate surface area is 100 Å². The molecule has 5 nitrogen and oxygen atoms in total. The first kappa shape index (κ1) is 10.6. The number of β-amino-alcohol motifs (C(OH)–C–C–N with tert-alkyl or cyclic N) is 1. The summed E-state index contributed by atoms with van der Waals surface area (Å²) in [5.41, 5.74) is 0.863. The number of rotatable bonds is 2. The highest BCUT2D eigenvalue weighted by Crippen LogP contribution is 2.46. The normalized spacial score (nSPS) is 22.1. The highest BCUT2D eigenvalue weighted by atomic mass is 16.3. The van der Waals surface area contributed by atoms with E-state index in [1.807, 2.05) is 14.0 Å². The molecule has 0 radical (unpaired) electrons. The minimum atomic E-state index is -0.523. The van der Waals surface area contributed by atoms with Crippen molar-refractivity contribution < 1.29 is 5.11 Å². The van der Waals surface area contributed by atoms with E-state index in [2.05, 4.69) is 16.1 Å². The van der Waals surface area contributed by atoms with Crippen LogP contribution in [0.4, 0.5) is 5.82 Å². The predicted octanol–water partition coefficient (Wildman–Crippen LogP) is 0.561. The van der Waals surface area contributed by atoms with Crippen molar-refractivity contribution in [3.8, 4) is 6.07 Å². The minimum absolute atomic E-state index is 0.471. The van der Waals surface area contributed by atoms with Gasteiger partial charge in [-0.25, -0.2) is 0 Å². The minimum Gasteiger partial charge on any atom is -0.386 e. The second-order valence-electron chi connectivity index (χ2n) is 5.25. The molecule has 0 spiro atoms. The largest absolute Gasteiger partial charge is 0.386 e. The number of nitriles is 1. The van der Waals surface area contributed by atoms with Crippen LogP contribution in [0.5, 0.6) is 0 Å². The van der Waals surface area contributed by atoms with Crippen LogP contribution in [-0.4, -0.2) is 33.6 Å². The Bertz CT molecular complexity index is 503. The molecule has 1 saturated carbocycles. The summed E-state index contributed by atoms with van der Waals surface area (Å²) < 4.78 is 1.74. The Kier molecular flexibility index (Phi) is 2.02. The predicted molar refractivity (Wildman–Crippen MR) is 62.5 cm³/mol. The lowest BCUT2D eigenvalue weighted by Gasteiger charge is -2.48. The van der Waals surface area contributed by atoms with Crippen LogP contribution in [0.25, 0.3) is 0 Å². The van der Waals surface area contributed by atoms with Gasteiger partial charge in [-0.15, -0.1) is 0 Å². The molecule has 2 heterocycles. The van der Waals surface area contributed by atoms with E-state index in [0.29, 0.717) is 24.6 Å². The van der Waals surface area contributed by atoms with Crippen molar-refractivity contribution in [1.29, 1.82) is 5.26 Å². The van der Waals surface area contributed by atoms with E-state index in [-0.39, 0.29) is 0 Å². The van der Waals surface area contributed by atoms with Gasteiger partial charge < -0.3 is 10.0 Å². The number of anilines is 1. The molecule has 1 saturated heterocycles. The maximum absolute atomic E-state index is 10.3. The summed E-state index contributed by atoms with van der Waals surface area (Å²) in [7, 11) is 1.84. The van der Waals surface area contributed by atoms with Gasteiger partial charge in [0.15, 0.2) is 0 Å². The second kappa shape index (κ2) is 3.23. The van der Waals surface area contributed by atoms with Crippen LogP contribution in [0.15, 0.2) is 0 Å². The van der Waals surface area contributed by atoms with Gasteiger partial charge in [0.25, 0.3) is 0 Å². The molecule has 0 amide bonds. The fraction of sp³-hybridized carbons (Fsp3) is 0.667. The maximum Gasteiger partial charge on any atom is 0.145 e. The summed E-state index contributed by atoms with van der Waals surface area (Å²) in [5, 5.41) is 23.7. The van der Waals surface area contributed by atoms with E-state index in [9.17, 15) is 5.11 Å². The van der Waals surface area contributed by atoms with Gasteiger partial charge in [-0.3, -0.25) is 4.68 Å². The van der Waals surface area contributed by atoms with Gasteiger partial charge in [0.05, 0.1) is 18.8 Å². The van der Waals surface area contributed by atoms with Crippen LogP contribution in [0.1, 0.15) is 24.1 Å². The van der Waals surface area contributed by atoms with Gasteiger partial charge in [-0.05, 0) is 25.7 Å². The highest BCUT2D eigenvalue weighted by molar-refractivity contribution is 5.59. The van der Waals surface area contributed by atoms with Crippen LogP contribution < -0.4 is 4.90 Å². The molecule has 0 bridgehead atoms. The molecular weight excluding hydrogens is 216 g/mol. The first-order chi connectivity index (χ1) is 8.05. The molecule has 90 valence electrons. The van der Waals surface area contributed by atoms with Crippen molar-refractivity contribution in [3.05, 3.63) is 11.3 Å². The van der Waals surface area contributed by atoms with Crippen molar-refractivity contribution in [2.75, 3.05) is 18.0 Å². The van der Waals surface area contributed by atoms with Crippen molar-refractivity contribution >= 4 is 5.82 Å². The number of nitrogens with zero attached hydrogens (tertiary/aromatic N) is 4. The molecule has 1 aliphatic heterocycles. The molecule has 1 N–H and O–H groups in total. The first-order valence-electron chi connectivity index (χ1n) is 5.96. The number of aryl methyl sites for hydroxylation is 2. The van der Waals surface area contributed by atoms with Crippen LogP contribution in [0.2, 0.25) is 0 Å². The summed E-state index contributed by atoms with van der Waals surface area (Å²) in [6.45, 7) is 3.10. The molecule has 1 aromatic heterocycles. The molecule has 0 atom stereocenters. The third-order valence-electron chi connectivity index (χ3n) is 3.87. The van der Waals surface area contributed by atoms with Crippen molar-refractivity contribution in [3.63, 3.8) is 0 Å². The fourth-order valence-corrected chi connectivity index (χ4v) is 2.78. The van der Waals surface area contributed by atoms with Crippen molar-refractivity contribution in [1.82, 2.24) is 9.78 Å². The van der Waals surface area contributed by atoms with E-state index in [1.165, 1.54) is 0 Å². The Balaban J connectivity index is 1.85. The highest BCUT2D eigenvalue weighted by Gasteiger charge is 2.52. The smallest absolute Gasteiger partial charge is 0.145 e. The maximum atomic E-state index is 10.3. The number of aliphatic hydroxyl groups is 1. The van der Waals surface area contributed by atoms with Crippen LogP contribution in [0.3, 0.4) is 0 Å². The molecule has 1 aromatic rings. The summed E-state index contributed by atoms with van der Waals surface area (Å²) in [6.07, 6.45) is 2.28. The van der Waals surface area contributed by atoms with Gasteiger partial charge >= 0.3 is 0 Å². The summed E-state index contributed by atoms with van der Waals surface area (Å²) in [6, 6.07) is 2.20. The molecule has 5 heteroatoms. The Morgan fingerprint density at radius 3 is 2.65 bits per heavy atom. The second-order valence-corrected chi connectivity index (χ2v) is 5.25. The number of hydrogen-bond acceptors (Lipinski definition) is 4. The first-order valence-corrected chi connectivity index (χ1v) is 5.96. The lowest BCUT2D eigenvalue weighted by molar-refractivity contribution is -0.0101. The lowest BCUT2D eigenvalue weighted by atomic mass is 9.88. The lowest BCUT2D eigenvalue weighted by Crippen LogP contribution is -2.64. The van der Waals surface area contributed by atoms with Crippen LogP contribution in [-0.2, 0) is 7.05 Å². The van der Waals surface area contributed by atoms with E-state index < -0.39 is 5.60 Å². The molecule has 2 fully saturated rings. The van der Waals surface area contributed by atoms with E-state index in [0.717, 1.165) is 24.4 Å². The average molecular weight is 232 g/mol. The quantitative estimate of drug-likeness (QED) is 0.809. The van der Waals surface area contributed by atoms with Gasteiger partial charge in [0, 0.05) is 7.05 Å². The molecule has 3 rings (SSSR count). The Morgan fingerprint density at radius 1 is 1.47 bits per heavy atom. The van der Waals surface area contributed by atoms with Gasteiger partial charge in [0.1, 0.15) is 23.1 Å². The topological polar surface area (TPSA) is 65.1 Å². The van der Waals surface area contributed by atoms with Gasteiger partial charge in [0.2, 0.25) is 0 Å². The number of hydrogen-bond donors (Lipinski definition) is 1. The number of aromatic nitrogens is 2. The Morgan fingerprint density at radius 2 is 2.12 bits per heavy atom. The third-order valence-corrected chi connectivity index (χ3v) is 3.87. The standard InChI is InChI=1S/C12H16N4O/c1-8-10(5-13)11(15(2)14-8)16-6-12(17,7-16)9-3-4-9/h9,17H,3-4,6-7H2,1-2H3. The van der Waals surface area contributed by atoms with Gasteiger partial charge in [-0.2, -0.15) is 10.4 Å². The molecule has 0 unspecified atom stereocenters. The summed E-state index contributed by atoms with van der Waals surface area (Å²) in [5.74, 6) is 1.31. The molecule has 17 heavy (non-hydrogen) atoms. The zero-order valence-corrected chi connectivity index (χ0v) is 10.1. The van der Waals surface area contributed by atoms with E-state index in [4.69, 9.17) is 5.26 Å². The summed E-state index contributed by atoms with van der Waals surface area (Å²) >= 11 is 0. The van der Waals surface area contributed by atoms with E-state index >= 15 is 0 Å². The van der Waals surface area contributed by atoms with Crippen LogP contribution in [0, 0.1) is 24.2 Å². The zero-order chi connectivity index (χ0) is 12.2. The molecule has 0 aromatic carbocycles. The fourth-order valence-electron chi connectivity index (χ4n) is 2.78. The Hall–Kier alpha value is -1.54. The molecular formula is C12H16N4O. The van der Waals surface area contributed by atoms with Gasteiger partial charge in [-0.1, -0.05) is 0 Å². The SMILES string of the molecule is Cc1nn(C)c(N2CC(O)(C3CC3)C2)c1C#N. The molecule has 1 aliphatic carbocycles. The summed E-state index contributed by atoms with van der Waals surface area (Å²) in [4.78, 5) is 2.05. The third kappa shape index (κ3) is 1.44. The monoisotopic (exact) mass is 232 g/mol.